The molecule has 0 saturated carbocycles. The summed E-state index contributed by atoms with van der Waals surface area (Å²) < 4.78 is 0. The van der Waals surface area contributed by atoms with Gasteiger partial charge in [0.25, 0.3) is 5.91 Å². The summed E-state index contributed by atoms with van der Waals surface area (Å²) in [6, 6.07) is 6.39. The van der Waals surface area contributed by atoms with Crippen molar-refractivity contribution in [3.05, 3.63) is 35.4 Å². The van der Waals surface area contributed by atoms with Crippen LogP contribution in [0.4, 0.5) is 0 Å². The number of nitrogens with two attached hydrogens (primary N) is 1. The van der Waals surface area contributed by atoms with E-state index in [4.69, 9.17) is 5.73 Å². The molecule has 0 unspecified atom stereocenters. The maximum absolute atomic E-state index is 11.9. The van der Waals surface area contributed by atoms with Crippen molar-refractivity contribution in [1.82, 2.24) is 10.6 Å². The fourth-order valence-electron chi connectivity index (χ4n) is 2.21. The van der Waals surface area contributed by atoms with Crippen molar-refractivity contribution in [1.29, 1.82) is 0 Å². The van der Waals surface area contributed by atoms with Crippen LogP contribution in [0.2, 0.25) is 0 Å². The van der Waals surface area contributed by atoms with E-state index in [1.54, 1.807) is 24.3 Å². The Kier molecular flexibility index (Phi) is 4.52. The molecule has 1 aromatic carbocycles. The zero-order valence-corrected chi connectivity index (χ0v) is 10.8. The number of carbonyl (C=O) groups excluding carboxylic acids is 2. The van der Waals surface area contributed by atoms with Crippen LogP contribution in [0.1, 0.15) is 33.6 Å². The summed E-state index contributed by atoms with van der Waals surface area (Å²) in [5.74, 6) is -0.0358. The molecule has 0 atom stereocenters. The predicted octanol–water partition coefficient (Wildman–Crippen LogP) is 0.515. The Hall–Kier alpha value is -1.88. The van der Waals surface area contributed by atoms with Gasteiger partial charge in [-0.15, -0.1) is 0 Å². The third-order valence-electron chi connectivity index (χ3n) is 3.44. The van der Waals surface area contributed by atoms with Gasteiger partial charge >= 0.3 is 0 Å². The van der Waals surface area contributed by atoms with Crippen LogP contribution in [-0.4, -0.2) is 31.4 Å². The molecule has 5 nitrogen and oxygen atoms in total. The second-order valence-electron chi connectivity index (χ2n) is 4.85. The van der Waals surface area contributed by atoms with Crippen molar-refractivity contribution < 1.29 is 9.59 Å². The van der Waals surface area contributed by atoms with Gasteiger partial charge in [-0.25, -0.2) is 0 Å². The maximum Gasteiger partial charge on any atom is 0.251 e. The average molecular weight is 261 g/mol. The van der Waals surface area contributed by atoms with Gasteiger partial charge in [0.05, 0.1) is 0 Å². The Morgan fingerprint density at radius 3 is 2.32 bits per heavy atom. The van der Waals surface area contributed by atoms with Crippen molar-refractivity contribution in [2.24, 2.45) is 11.7 Å². The highest BCUT2D eigenvalue weighted by Crippen LogP contribution is 2.10. The SMILES string of the molecule is NC(=O)c1ccc(C(=O)NCC2CCNCC2)cc1. The Bertz CT molecular complexity index is 450. The lowest BCUT2D eigenvalue weighted by atomic mass is 9.98. The van der Waals surface area contributed by atoms with Crippen LogP contribution in [0.25, 0.3) is 0 Å². The molecule has 0 bridgehead atoms. The second-order valence-corrected chi connectivity index (χ2v) is 4.85. The fraction of sp³-hybridized carbons (Fsp3) is 0.429. The van der Waals surface area contributed by atoms with E-state index >= 15 is 0 Å². The minimum Gasteiger partial charge on any atom is -0.366 e. The molecule has 2 rings (SSSR count). The van der Waals surface area contributed by atoms with Crippen LogP contribution < -0.4 is 16.4 Å². The Morgan fingerprint density at radius 1 is 1.16 bits per heavy atom. The number of hydrogen-bond donors (Lipinski definition) is 3. The van der Waals surface area contributed by atoms with Crippen LogP contribution in [0, 0.1) is 5.92 Å². The molecule has 1 saturated heterocycles. The van der Waals surface area contributed by atoms with Crippen LogP contribution in [0.5, 0.6) is 0 Å². The lowest BCUT2D eigenvalue weighted by molar-refractivity contribution is 0.0942. The minimum absolute atomic E-state index is 0.102. The molecule has 1 heterocycles. The Labute approximate surface area is 112 Å². The molecule has 2 amide bonds. The van der Waals surface area contributed by atoms with Gasteiger partial charge in [0, 0.05) is 17.7 Å². The first-order valence-corrected chi connectivity index (χ1v) is 6.55. The average Bonchev–Trinajstić information content (AvgIpc) is 2.46. The monoisotopic (exact) mass is 261 g/mol. The molecule has 1 aromatic rings. The van der Waals surface area contributed by atoms with E-state index in [-0.39, 0.29) is 5.91 Å². The number of nitrogens with one attached hydrogen (secondary N) is 2. The summed E-state index contributed by atoms with van der Waals surface area (Å²) in [5.41, 5.74) is 6.12. The molecule has 1 aliphatic rings. The molecule has 0 aliphatic carbocycles. The molecule has 4 N–H and O–H groups in total. The first-order valence-electron chi connectivity index (χ1n) is 6.55. The molecule has 0 radical (unpaired) electrons. The molecule has 102 valence electrons. The quantitative estimate of drug-likeness (QED) is 0.738. The third-order valence-corrected chi connectivity index (χ3v) is 3.44. The Morgan fingerprint density at radius 2 is 1.74 bits per heavy atom. The minimum atomic E-state index is -0.485. The number of amides is 2. The van der Waals surface area contributed by atoms with Gasteiger partial charge in [0.1, 0.15) is 0 Å². The lowest BCUT2D eigenvalue weighted by Crippen LogP contribution is -2.35. The van der Waals surface area contributed by atoms with Gasteiger partial charge in [0.15, 0.2) is 0 Å². The molecule has 5 heteroatoms. The van der Waals surface area contributed by atoms with E-state index in [1.165, 1.54) is 0 Å². The highest BCUT2D eigenvalue weighted by atomic mass is 16.2. The molecule has 0 spiro atoms. The highest BCUT2D eigenvalue weighted by molar-refractivity contribution is 5.97. The molecule has 1 fully saturated rings. The van der Waals surface area contributed by atoms with Gasteiger partial charge in [-0.2, -0.15) is 0 Å². The molecule has 0 aromatic heterocycles. The number of carbonyl (C=O) groups is 2. The maximum atomic E-state index is 11.9. The van der Waals surface area contributed by atoms with Gasteiger partial charge in [0.2, 0.25) is 5.91 Å². The summed E-state index contributed by atoms with van der Waals surface area (Å²) in [6.07, 6.45) is 2.20. The summed E-state index contributed by atoms with van der Waals surface area (Å²) in [6.45, 7) is 2.75. The van der Waals surface area contributed by atoms with Gasteiger partial charge in [-0.3, -0.25) is 9.59 Å². The predicted molar refractivity (Wildman–Crippen MR) is 72.9 cm³/mol. The molecular weight excluding hydrogens is 242 g/mol. The molecular formula is C14H19N3O2. The first kappa shape index (κ1) is 13.5. The van der Waals surface area contributed by atoms with E-state index in [0.29, 0.717) is 23.6 Å². The van der Waals surface area contributed by atoms with Crippen LogP contribution in [-0.2, 0) is 0 Å². The Balaban J connectivity index is 1.86. The van der Waals surface area contributed by atoms with Crippen LogP contribution in [0.3, 0.4) is 0 Å². The summed E-state index contributed by atoms with van der Waals surface area (Å²) >= 11 is 0. The topological polar surface area (TPSA) is 84.2 Å². The van der Waals surface area contributed by atoms with E-state index < -0.39 is 5.91 Å². The fourth-order valence-corrected chi connectivity index (χ4v) is 2.21. The number of benzene rings is 1. The van der Waals surface area contributed by atoms with E-state index in [0.717, 1.165) is 25.9 Å². The highest BCUT2D eigenvalue weighted by Gasteiger charge is 2.14. The van der Waals surface area contributed by atoms with Crippen LogP contribution in [0.15, 0.2) is 24.3 Å². The normalized spacial score (nSPS) is 16.0. The number of rotatable bonds is 4. The standard InChI is InChI=1S/C14H19N3O2/c15-13(18)11-1-3-12(4-2-11)14(19)17-9-10-5-7-16-8-6-10/h1-4,10,16H,5-9H2,(H2,15,18)(H,17,19). The number of piperidine rings is 1. The largest absolute Gasteiger partial charge is 0.366 e. The van der Waals surface area contributed by atoms with Crippen molar-refractivity contribution in [3.63, 3.8) is 0 Å². The summed E-state index contributed by atoms with van der Waals surface area (Å²) in [4.78, 5) is 22.9. The second kappa shape index (κ2) is 6.33. The van der Waals surface area contributed by atoms with E-state index in [2.05, 4.69) is 10.6 Å². The lowest BCUT2D eigenvalue weighted by Gasteiger charge is -2.22. The van der Waals surface area contributed by atoms with Gasteiger partial charge in [-0.05, 0) is 56.1 Å². The summed E-state index contributed by atoms with van der Waals surface area (Å²) in [7, 11) is 0. The first-order chi connectivity index (χ1) is 9.16. The van der Waals surface area contributed by atoms with Crippen molar-refractivity contribution in [2.75, 3.05) is 19.6 Å². The van der Waals surface area contributed by atoms with Crippen molar-refractivity contribution in [3.8, 4) is 0 Å². The van der Waals surface area contributed by atoms with E-state index in [1.807, 2.05) is 0 Å². The number of primary amides is 1. The van der Waals surface area contributed by atoms with Gasteiger partial charge < -0.3 is 16.4 Å². The smallest absolute Gasteiger partial charge is 0.251 e. The van der Waals surface area contributed by atoms with Crippen LogP contribution >= 0.6 is 0 Å². The van der Waals surface area contributed by atoms with Crippen molar-refractivity contribution in [2.45, 2.75) is 12.8 Å². The molecule has 19 heavy (non-hydrogen) atoms. The van der Waals surface area contributed by atoms with Crippen molar-refractivity contribution >= 4 is 11.8 Å². The summed E-state index contributed by atoms with van der Waals surface area (Å²) in [5, 5.41) is 6.23. The zero-order valence-electron chi connectivity index (χ0n) is 10.8. The zero-order chi connectivity index (χ0) is 13.7. The molecule has 1 aliphatic heterocycles. The number of hydrogen-bond acceptors (Lipinski definition) is 3. The van der Waals surface area contributed by atoms with Gasteiger partial charge in [-0.1, -0.05) is 0 Å². The third kappa shape index (κ3) is 3.79. The van der Waals surface area contributed by atoms with E-state index in [9.17, 15) is 9.59 Å².